The number of benzene rings is 1. The normalized spacial score (nSPS) is 12.5. The second kappa shape index (κ2) is 6.43. The van der Waals surface area contributed by atoms with E-state index >= 15 is 0 Å². The maximum atomic E-state index is 12.8. The van der Waals surface area contributed by atoms with Crippen molar-refractivity contribution in [1.29, 1.82) is 0 Å². The monoisotopic (exact) mass is 322 g/mol. The van der Waals surface area contributed by atoms with E-state index in [-0.39, 0.29) is 18.0 Å². The topological polar surface area (TPSA) is 51.0 Å². The molecule has 0 aliphatic carbocycles. The van der Waals surface area contributed by atoms with Crippen LogP contribution in [0.1, 0.15) is 48.8 Å². The van der Waals surface area contributed by atoms with Gasteiger partial charge in [-0.2, -0.15) is 5.10 Å². The van der Waals surface area contributed by atoms with Gasteiger partial charge in [0.1, 0.15) is 0 Å². The minimum atomic E-state index is -0.0435. The van der Waals surface area contributed by atoms with Crippen LogP contribution in [0.25, 0.3) is 11.0 Å². The summed E-state index contributed by atoms with van der Waals surface area (Å²) in [7, 11) is 1.82. The van der Waals surface area contributed by atoms with Gasteiger partial charge in [-0.1, -0.05) is 30.3 Å². The number of amides is 1. The van der Waals surface area contributed by atoms with Crippen LogP contribution in [0.5, 0.6) is 0 Å². The van der Waals surface area contributed by atoms with Crippen molar-refractivity contribution >= 4 is 16.9 Å². The van der Waals surface area contributed by atoms with E-state index in [4.69, 9.17) is 0 Å². The van der Waals surface area contributed by atoms with Gasteiger partial charge in [-0.25, -0.2) is 9.67 Å². The summed E-state index contributed by atoms with van der Waals surface area (Å²) in [5.74, 6) is -0.0435. The van der Waals surface area contributed by atoms with Gasteiger partial charge >= 0.3 is 0 Å². The molecule has 0 spiro atoms. The molecular formula is C19H22N4O. The van der Waals surface area contributed by atoms with Crippen LogP contribution in [0.4, 0.5) is 0 Å². The lowest BCUT2D eigenvalue weighted by atomic mass is 10.1. The number of nitrogens with zero attached hydrogens (tertiary/aromatic N) is 4. The van der Waals surface area contributed by atoms with Crippen molar-refractivity contribution < 1.29 is 4.79 Å². The molecule has 2 heterocycles. The zero-order valence-corrected chi connectivity index (χ0v) is 14.5. The molecule has 0 fully saturated rings. The molecule has 0 saturated heterocycles. The van der Waals surface area contributed by atoms with Gasteiger partial charge in [0, 0.05) is 24.7 Å². The third-order valence-corrected chi connectivity index (χ3v) is 4.35. The Morgan fingerprint density at radius 2 is 1.83 bits per heavy atom. The Labute approximate surface area is 141 Å². The molecule has 1 amide bonds. The highest BCUT2D eigenvalue weighted by Gasteiger charge is 2.20. The Bertz CT molecular complexity index is 854. The zero-order chi connectivity index (χ0) is 17.3. The molecule has 3 rings (SSSR count). The highest BCUT2D eigenvalue weighted by molar-refractivity contribution is 5.96. The number of pyridine rings is 1. The summed E-state index contributed by atoms with van der Waals surface area (Å²) in [6.07, 6.45) is 3.40. The lowest BCUT2D eigenvalue weighted by Gasteiger charge is -2.25. The quantitative estimate of drug-likeness (QED) is 0.733. The third-order valence-electron chi connectivity index (χ3n) is 4.35. The van der Waals surface area contributed by atoms with Crippen molar-refractivity contribution in [2.75, 3.05) is 7.05 Å². The highest BCUT2D eigenvalue weighted by Crippen LogP contribution is 2.22. The molecule has 1 aromatic carbocycles. The maximum Gasteiger partial charge on any atom is 0.255 e. The predicted octanol–water partition coefficient (Wildman–Crippen LogP) is 3.85. The van der Waals surface area contributed by atoms with Crippen LogP contribution in [0.3, 0.4) is 0 Å². The van der Waals surface area contributed by atoms with Crippen molar-refractivity contribution in [1.82, 2.24) is 19.7 Å². The summed E-state index contributed by atoms with van der Waals surface area (Å²) >= 11 is 0. The molecule has 0 saturated carbocycles. The zero-order valence-electron chi connectivity index (χ0n) is 14.5. The molecule has 0 N–H and O–H groups in total. The average molecular weight is 322 g/mol. The first-order valence-electron chi connectivity index (χ1n) is 8.14. The molecule has 124 valence electrons. The van der Waals surface area contributed by atoms with Crippen LogP contribution in [0, 0.1) is 0 Å². The molecule has 24 heavy (non-hydrogen) atoms. The summed E-state index contributed by atoms with van der Waals surface area (Å²) in [6, 6.07) is 12.1. The number of carbonyl (C=O) groups is 1. The van der Waals surface area contributed by atoms with E-state index in [1.165, 1.54) is 0 Å². The van der Waals surface area contributed by atoms with Crippen molar-refractivity contribution in [3.8, 4) is 0 Å². The van der Waals surface area contributed by atoms with Gasteiger partial charge in [0.25, 0.3) is 5.91 Å². The number of fused-ring (bicyclic) bond motifs is 1. The first-order valence-corrected chi connectivity index (χ1v) is 8.14. The first kappa shape index (κ1) is 16.2. The number of hydrogen-bond donors (Lipinski definition) is 0. The molecule has 0 aliphatic rings. The van der Waals surface area contributed by atoms with Gasteiger partial charge < -0.3 is 4.90 Å². The largest absolute Gasteiger partial charge is 0.335 e. The molecule has 5 heteroatoms. The van der Waals surface area contributed by atoms with Crippen molar-refractivity contribution in [3.63, 3.8) is 0 Å². The summed E-state index contributed by atoms with van der Waals surface area (Å²) < 4.78 is 1.86. The van der Waals surface area contributed by atoms with E-state index in [1.807, 2.05) is 55.1 Å². The summed E-state index contributed by atoms with van der Waals surface area (Å²) in [4.78, 5) is 19.0. The Balaban J connectivity index is 1.88. The van der Waals surface area contributed by atoms with E-state index < -0.39 is 0 Å². The fraction of sp³-hybridized carbons (Fsp3) is 0.316. The Kier molecular flexibility index (Phi) is 4.34. The van der Waals surface area contributed by atoms with E-state index in [2.05, 4.69) is 23.9 Å². The van der Waals surface area contributed by atoms with Crippen molar-refractivity contribution in [2.45, 2.75) is 32.9 Å². The number of carbonyl (C=O) groups excluding carboxylic acids is 1. The molecule has 0 radical (unpaired) electrons. The van der Waals surface area contributed by atoms with Gasteiger partial charge in [-0.05, 0) is 32.4 Å². The van der Waals surface area contributed by atoms with Gasteiger partial charge in [0.2, 0.25) is 0 Å². The smallest absolute Gasteiger partial charge is 0.255 e. The van der Waals surface area contributed by atoms with Crippen molar-refractivity contribution in [2.24, 2.45) is 0 Å². The number of hydrogen-bond acceptors (Lipinski definition) is 3. The lowest BCUT2D eigenvalue weighted by molar-refractivity contribution is 0.0742. The van der Waals surface area contributed by atoms with Crippen LogP contribution < -0.4 is 0 Å². The molecular weight excluding hydrogens is 300 g/mol. The van der Waals surface area contributed by atoms with Gasteiger partial charge in [-0.15, -0.1) is 0 Å². The van der Waals surface area contributed by atoms with E-state index in [0.29, 0.717) is 5.56 Å². The third kappa shape index (κ3) is 2.89. The predicted molar refractivity (Wildman–Crippen MR) is 94.9 cm³/mol. The standard InChI is InChI=1S/C19H22N4O/c1-13(2)23-18-16(12-21-23)10-17(11-20-18)19(24)22(4)14(3)15-8-6-5-7-9-15/h5-14H,1-4H3/t14-/m1/s1. The van der Waals surface area contributed by atoms with Crippen LogP contribution in [0.15, 0.2) is 48.8 Å². The molecule has 0 unspecified atom stereocenters. The second-order valence-corrected chi connectivity index (χ2v) is 6.32. The highest BCUT2D eigenvalue weighted by atomic mass is 16.2. The van der Waals surface area contributed by atoms with Gasteiger partial charge in [0.15, 0.2) is 5.65 Å². The summed E-state index contributed by atoms with van der Waals surface area (Å²) in [5.41, 5.74) is 2.49. The minimum Gasteiger partial charge on any atom is -0.335 e. The lowest BCUT2D eigenvalue weighted by Crippen LogP contribution is -2.29. The summed E-state index contributed by atoms with van der Waals surface area (Å²) in [6.45, 7) is 6.14. The van der Waals surface area contributed by atoms with Crippen LogP contribution in [-0.4, -0.2) is 32.6 Å². The van der Waals surface area contributed by atoms with Gasteiger partial charge in [-0.3, -0.25) is 4.79 Å². The molecule has 0 bridgehead atoms. The van der Waals surface area contributed by atoms with E-state index in [1.54, 1.807) is 17.3 Å². The molecule has 5 nitrogen and oxygen atoms in total. The van der Waals surface area contributed by atoms with E-state index in [9.17, 15) is 4.79 Å². The second-order valence-electron chi connectivity index (χ2n) is 6.32. The fourth-order valence-corrected chi connectivity index (χ4v) is 2.77. The average Bonchev–Trinajstić information content (AvgIpc) is 3.04. The van der Waals surface area contributed by atoms with Gasteiger partial charge in [0.05, 0.1) is 17.8 Å². The molecule has 1 atom stereocenters. The van der Waals surface area contributed by atoms with E-state index in [0.717, 1.165) is 16.6 Å². The van der Waals surface area contributed by atoms with Crippen molar-refractivity contribution in [3.05, 3.63) is 59.9 Å². The SMILES string of the molecule is CC(C)n1ncc2cc(C(=O)N(C)[C@H](C)c3ccccc3)cnc21. The Hall–Kier alpha value is -2.69. The van der Waals surface area contributed by atoms with Crippen LogP contribution in [0.2, 0.25) is 0 Å². The Morgan fingerprint density at radius 1 is 1.12 bits per heavy atom. The maximum absolute atomic E-state index is 12.8. The fourth-order valence-electron chi connectivity index (χ4n) is 2.77. The minimum absolute atomic E-state index is 0.00668. The molecule has 2 aromatic heterocycles. The first-order chi connectivity index (χ1) is 11.5. The summed E-state index contributed by atoms with van der Waals surface area (Å²) in [5, 5.41) is 5.24. The Morgan fingerprint density at radius 3 is 2.50 bits per heavy atom. The number of rotatable bonds is 4. The molecule has 0 aliphatic heterocycles. The van der Waals surface area contributed by atoms with Crippen LogP contribution >= 0.6 is 0 Å². The molecule has 3 aromatic rings. The number of aromatic nitrogens is 3. The van der Waals surface area contributed by atoms with Crippen LogP contribution in [-0.2, 0) is 0 Å².